The smallest absolute Gasteiger partial charge is 0.284 e. The summed E-state index contributed by atoms with van der Waals surface area (Å²) < 4.78 is 37.5. The third-order valence-electron chi connectivity index (χ3n) is 1.99. The summed E-state index contributed by atoms with van der Waals surface area (Å²) in [5.41, 5.74) is -0.629. The van der Waals surface area contributed by atoms with Crippen molar-refractivity contribution >= 4 is 10.9 Å². The van der Waals surface area contributed by atoms with Gasteiger partial charge in [0, 0.05) is 11.5 Å². The van der Waals surface area contributed by atoms with Gasteiger partial charge in [-0.05, 0) is 18.2 Å². The lowest BCUT2D eigenvalue weighted by molar-refractivity contribution is 0.142. The summed E-state index contributed by atoms with van der Waals surface area (Å²) in [7, 11) is 0. The van der Waals surface area contributed by atoms with Crippen molar-refractivity contribution in [1.29, 1.82) is 0 Å². The Morgan fingerprint density at radius 3 is 2.60 bits per heavy atom. The monoisotopic (exact) mass is 213 g/mol. The minimum atomic E-state index is -2.88. The number of benzene rings is 1. The highest BCUT2D eigenvalue weighted by Crippen LogP contribution is 2.29. The van der Waals surface area contributed by atoms with E-state index in [9.17, 15) is 18.3 Å². The number of fused-ring (bicyclic) bond motifs is 1. The van der Waals surface area contributed by atoms with Crippen LogP contribution in [0.25, 0.3) is 10.9 Å². The maximum absolute atomic E-state index is 12.8. The van der Waals surface area contributed by atoms with Crippen LogP contribution in [0.2, 0.25) is 0 Å². The van der Waals surface area contributed by atoms with Gasteiger partial charge in [0.25, 0.3) is 6.43 Å². The van der Waals surface area contributed by atoms with E-state index in [0.29, 0.717) is 5.39 Å². The molecule has 15 heavy (non-hydrogen) atoms. The summed E-state index contributed by atoms with van der Waals surface area (Å²) in [6, 6.07) is 4.72. The van der Waals surface area contributed by atoms with Crippen LogP contribution in [0, 0.1) is 5.82 Å². The molecule has 0 atom stereocenters. The molecule has 78 valence electrons. The van der Waals surface area contributed by atoms with E-state index in [0.717, 1.165) is 12.1 Å². The molecule has 0 aliphatic rings. The van der Waals surface area contributed by atoms with Gasteiger partial charge in [-0.15, -0.1) is 0 Å². The molecule has 2 aromatic rings. The van der Waals surface area contributed by atoms with Crippen LogP contribution in [0.1, 0.15) is 12.1 Å². The van der Waals surface area contributed by atoms with Gasteiger partial charge in [0.15, 0.2) is 0 Å². The predicted molar refractivity (Wildman–Crippen MR) is 48.3 cm³/mol. The largest absolute Gasteiger partial charge is 0.506 e. The zero-order valence-corrected chi connectivity index (χ0v) is 7.42. The first-order chi connectivity index (χ1) is 7.08. The van der Waals surface area contributed by atoms with E-state index < -0.39 is 23.7 Å². The van der Waals surface area contributed by atoms with Crippen LogP contribution in [0.3, 0.4) is 0 Å². The third kappa shape index (κ3) is 1.72. The zero-order chi connectivity index (χ0) is 11.0. The molecule has 0 amide bonds. The van der Waals surface area contributed by atoms with E-state index in [1.807, 2.05) is 0 Å². The van der Waals surface area contributed by atoms with Crippen molar-refractivity contribution in [3.8, 4) is 5.75 Å². The molecule has 1 aromatic carbocycles. The Balaban J connectivity index is 2.72. The van der Waals surface area contributed by atoms with Crippen molar-refractivity contribution in [2.24, 2.45) is 0 Å². The van der Waals surface area contributed by atoms with E-state index in [4.69, 9.17) is 0 Å². The number of nitrogens with zero attached hydrogens (tertiary/aromatic N) is 1. The van der Waals surface area contributed by atoms with Crippen LogP contribution in [-0.2, 0) is 0 Å². The molecule has 1 heterocycles. The van der Waals surface area contributed by atoms with Crippen LogP contribution in [0.4, 0.5) is 13.2 Å². The number of pyridine rings is 1. The molecule has 0 unspecified atom stereocenters. The fourth-order valence-corrected chi connectivity index (χ4v) is 1.30. The number of halogens is 3. The van der Waals surface area contributed by atoms with Gasteiger partial charge in [-0.2, -0.15) is 0 Å². The van der Waals surface area contributed by atoms with E-state index in [2.05, 4.69) is 4.98 Å². The van der Waals surface area contributed by atoms with Gasteiger partial charge in [-0.25, -0.2) is 18.2 Å². The molecule has 1 N–H and O–H groups in total. The Hall–Kier alpha value is -1.78. The Kier molecular flexibility index (Phi) is 2.22. The first-order valence-electron chi connectivity index (χ1n) is 4.15. The van der Waals surface area contributed by atoms with Crippen molar-refractivity contribution in [3.63, 3.8) is 0 Å². The van der Waals surface area contributed by atoms with Gasteiger partial charge >= 0.3 is 0 Å². The van der Waals surface area contributed by atoms with Crippen molar-refractivity contribution < 1.29 is 18.3 Å². The number of alkyl halides is 2. The third-order valence-corrected chi connectivity index (χ3v) is 1.99. The molecule has 5 heteroatoms. The highest BCUT2D eigenvalue weighted by molar-refractivity contribution is 5.80. The molecule has 0 fully saturated rings. The molecule has 0 bridgehead atoms. The Morgan fingerprint density at radius 2 is 1.93 bits per heavy atom. The molecule has 0 saturated heterocycles. The van der Waals surface area contributed by atoms with Gasteiger partial charge < -0.3 is 5.11 Å². The van der Waals surface area contributed by atoms with E-state index in [-0.39, 0.29) is 5.52 Å². The second kappa shape index (κ2) is 3.42. The lowest BCUT2D eigenvalue weighted by Gasteiger charge is -2.04. The van der Waals surface area contributed by atoms with E-state index in [1.165, 1.54) is 12.1 Å². The van der Waals surface area contributed by atoms with Crippen molar-refractivity contribution in [2.75, 3.05) is 0 Å². The van der Waals surface area contributed by atoms with Crippen molar-refractivity contribution in [2.45, 2.75) is 6.43 Å². The van der Waals surface area contributed by atoms with Crippen LogP contribution < -0.4 is 0 Å². The van der Waals surface area contributed by atoms with Crippen LogP contribution in [-0.4, -0.2) is 10.1 Å². The number of hydrogen-bond donors (Lipinski definition) is 1. The van der Waals surface area contributed by atoms with Crippen LogP contribution >= 0.6 is 0 Å². The second-order valence-corrected chi connectivity index (χ2v) is 3.03. The maximum atomic E-state index is 12.8. The van der Waals surface area contributed by atoms with Crippen molar-refractivity contribution in [1.82, 2.24) is 4.98 Å². The fraction of sp³-hybridized carbons (Fsp3) is 0.100. The Labute approximate surface area is 83.0 Å². The van der Waals surface area contributed by atoms with Gasteiger partial charge in [-0.3, -0.25) is 0 Å². The second-order valence-electron chi connectivity index (χ2n) is 3.03. The molecular weight excluding hydrogens is 207 g/mol. The molecule has 0 aliphatic carbocycles. The normalized spacial score (nSPS) is 11.2. The number of hydrogen-bond acceptors (Lipinski definition) is 2. The number of aromatic hydroxyl groups is 1. The van der Waals surface area contributed by atoms with Crippen LogP contribution in [0.15, 0.2) is 24.3 Å². The summed E-state index contributed by atoms with van der Waals surface area (Å²) >= 11 is 0. The zero-order valence-electron chi connectivity index (χ0n) is 7.42. The molecule has 0 radical (unpaired) electrons. The van der Waals surface area contributed by atoms with E-state index in [1.54, 1.807) is 0 Å². The topological polar surface area (TPSA) is 33.1 Å². The first-order valence-corrected chi connectivity index (χ1v) is 4.15. The average Bonchev–Trinajstić information content (AvgIpc) is 2.17. The van der Waals surface area contributed by atoms with Gasteiger partial charge in [0.1, 0.15) is 17.3 Å². The molecule has 0 aliphatic heterocycles. The average molecular weight is 213 g/mol. The molecular formula is C10H6F3NO. The van der Waals surface area contributed by atoms with Gasteiger partial charge in [-0.1, -0.05) is 0 Å². The van der Waals surface area contributed by atoms with Crippen molar-refractivity contribution in [3.05, 3.63) is 35.8 Å². The summed E-state index contributed by atoms with van der Waals surface area (Å²) in [5.74, 6) is -1.13. The summed E-state index contributed by atoms with van der Waals surface area (Å²) in [4.78, 5) is 3.50. The highest BCUT2D eigenvalue weighted by Gasteiger charge is 2.15. The van der Waals surface area contributed by atoms with Crippen LogP contribution in [0.5, 0.6) is 5.75 Å². The molecule has 1 aromatic heterocycles. The van der Waals surface area contributed by atoms with Gasteiger partial charge in [0.05, 0.1) is 5.52 Å². The summed E-state index contributed by atoms with van der Waals surface area (Å²) in [5, 5.41) is 9.63. The van der Waals surface area contributed by atoms with Gasteiger partial charge in [0.2, 0.25) is 0 Å². The standard InChI is InChI=1S/C10H6F3NO/c11-6-2-1-5-3-8(15)9(10(12)13)14-7(5)4-6/h1-4,10,15H. The predicted octanol–water partition coefficient (Wildman–Crippen LogP) is 3.02. The summed E-state index contributed by atoms with van der Waals surface area (Å²) in [6.07, 6.45) is -2.88. The first kappa shape index (κ1) is 9.76. The number of aromatic nitrogens is 1. The Bertz CT molecular complexity index is 513. The lowest BCUT2D eigenvalue weighted by atomic mass is 10.2. The minimum absolute atomic E-state index is 0.100. The minimum Gasteiger partial charge on any atom is -0.506 e. The molecule has 0 saturated carbocycles. The molecule has 2 nitrogen and oxygen atoms in total. The van der Waals surface area contributed by atoms with E-state index >= 15 is 0 Å². The highest BCUT2D eigenvalue weighted by atomic mass is 19.3. The summed E-state index contributed by atoms with van der Waals surface area (Å²) in [6.45, 7) is 0. The molecule has 0 spiro atoms. The quantitative estimate of drug-likeness (QED) is 0.789. The fourth-order valence-electron chi connectivity index (χ4n) is 1.30. The lowest BCUT2D eigenvalue weighted by Crippen LogP contribution is -1.92. The molecule has 2 rings (SSSR count). The number of rotatable bonds is 1. The SMILES string of the molecule is Oc1cc2ccc(F)cc2nc1C(F)F. The maximum Gasteiger partial charge on any atom is 0.284 e. The Morgan fingerprint density at radius 1 is 1.20 bits per heavy atom.